The Morgan fingerprint density at radius 3 is 2.29 bits per heavy atom. The monoisotopic (exact) mass is 196 g/mol. The number of carbonyl (C=O) groups is 2. The number of ether oxygens (including phenoxy) is 1. The van der Waals surface area contributed by atoms with Crippen molar-refractivity contribution in [1.82, 2.24) is 0 Å². The molecule has 0 aromatic rings. The summed E-state index contributed by atoms with van der Waals surface area (Å²) >= 11 is 0. The van der Waals surface area contributed by atoms with Crippen LogP contribution in [0.15, 0.2) is 11.6 Å². The number of carbonyl (C=O) groups excluding carboxylic acids is 2. The molecule has 1 aliphatic rings. The van der Waals surface area contributed by atoms with E-state index in [1.165, 1.54) is 6.08 Å². The molecular weight excluding hydrogens is 180 g/mol. The van der Waals surface area contributed by atoms with Crippen molar-refractivity contribution in [2.24, 2.45) is 11.3 Å². The Hall–Kier alpha value is -1.12. The van der Waals surface area contributed by atoms with Gasteiger partial charge in [-0.3, -0.25) is 0 Å². The highest BCUT2D eigenvalue weighted by atomic mass is 16.6. The average Bonchev–Trinajstić information content (AvgIpc) is 2.29. The second-order valence-electron chi connectivity index (χ2n) is 4.70. The van der Waals surface area contributed by atoms with Gasteiger partial charge in [0.05, 0.1) is 0 Å². The molecule has 0 aliphatic carbocycles. The van der Waals surface area contributed by atoms with Crippen molar-refractivity contribution < 1.29 is 14.3 Å². The zero-order valence-electron chi connectivity index (χ0n) is 9.09. The summed E-state index contributed by atoms with van der Waals surface area (Å²) in [6, 6.07) is 0. The summed E-state index contributed by atoms with van der Waals surface area (Å²) in [4.78, 5) is 22.0. The van der Waals surface area contributed by atoms with Crippen molar-refractivity contribution in [3.8, 4) is 0 Å². The van der Waals surface area contributed by atoms with Gasteiger partial charge in [0.15, 0.2) is 0 Å². The molecule has 78 valence electrons. The smallest absolute Gasteiger partial charge is 0.342 e. The second-order valence-corrected chi connectivity index (χ2v) is 4.70. The van der Waals surface area contributed by atoms with E-state index in [0.717, 1.165) is 0 Å². The van der Waals surface area contributed by atoms with Crippen LogP contribution in [0.3, 0.4) is 0 Å². The number of hydrogen-bond donors (Lipinski definition) is 0. The summed E-state index contributed by atoms with van der Waals surface area (Å²) in [6.07, 6.45) is 1.89. The molecule has 0 saturated carbocycles. The van der Waals surface area contributed by atoms with Crippen LogP contribution in [0.4, 0.5) is 0 Å². The third-order valence-electron chi connectivity index (χ3n) is 2.96. The zero-order valence-corrected chi connectivity index (χ0v) is 9.09. The van der Waals surface area contributed by atoms with E-state index in [1.54, 1.807) is 0 Å². The standard InChI is InChI=1S/C11H16O3/c1-7(2)11(3,4)6-8-5-9(12)14-10(8)13/h5,7H,6H2,1-4H3. The number of rotatable bonds is 3. The SMILES string of the molecule is CC(C)C(C)(C)CC1=CC(=O)OC1=O. The van der Waals surface area contributed by atoms with Crippen LogP contribution in [0, 0.1) is 11.3 Å². The van der Waals surface area contributed by atoms with Gasteiger partial charge in [0.1, 0.15) is 0 Å². The Balaban J connectivity index is 2.74. The fraction of sp³-hybridized carbons (Fsp3) is 0.636. The van der Waals surface area contributed by atoms with Gasteiger partial charge in [-0.25, -0.2) is 9.59 Å². The molecule has 0 saturated heterocycles. The van der Waals surface area contributed by atoms with Crippen LogP contribution in [-0.2, 0) is 14.3 Å². The van der Waals surface area contributed by atoms with E-state index >= 15 is 0 Å². The summed E-state index contributed by atoms with van der Waals surface area (Å²) in [5, 5.41) is 0. The summed E-state index contributed by atoms with van der Waals surface area (Å²) in [7, 11) is 0. The predicted octanol–water partition coefficient (Wildman–Crippen LogP) is 2.07. The van der Waals surface area contributed by atoms with Gasteiger partial charge in [-0.05, 0) is 17.8 Å². The highest BCUT2D eigenvalue weighted by molar-refractivity contribution is 6.08. The van der Waals surface area contributed by atoms with E-state index in [9.17, 15) is 9.59 Å². The van der Waals surface area contributed by atoms with E-state index in [1.807, 2.05) is 0 Å². The first-order chi connectivity index (χ1) is 6.33. The van der Waals surface area contributed by atoms with Crippen LogP contribution < -0.4 is 0 Å². The normalized spacial score (nSPS) is 17.4. The molecular formula is C11H16O3. The fourth-order valence-electron chi connectivity index (χ4n) is 1.21. The van der Waals surface area contributed by atoms with Gasteiger partial charge in [-0.1, -0.05) is 27.7 Å². The van der Waals surface area contributed by atoms with E-state index in [0.29, 0.717) is 17.9 Å². The molecule has 0 aromatic carbocycles. The van der Waals surface area contributed by atoms with E-state index in [-0.39, 0.29) is 5.41 Å². The van der Waals surface area contributed by atoms with Crippen LogP contribution in [0.1, 0.15) is 34.1 Å². The molecule has 0 N–H and O–H groups in total. The Bertz CT molecular complexity index is 298. The Morgan fingerprint density at radius 1 is 1.36 bits per heavy atom. The summed E-state index contributed by atoms with van der Waals surface area (Å²) < 4.78 is 4.43. The molecule has 0 radical (unpaired) electrons. The molecule has 0 spiro atoms. The Kier molecular flexibility index (Phi) is 2.79. The summed E-state index contributed by atoms with van der Waals surface area (Å²) in [6.45, 7) is 8.36. The highest BCUT2D eigenvalue weighted by Gasteiger charge is 2.31. The van der Waals surface area contributed by atoms with Gasteiger partial charge < -0.3 is 4.74 Å². The van der Waals surface area contributed by atoms with Crippen molar-refractivity contribution >= 4 is 11.9 Å². The maximum Gasteiger partial charge on any atom is 0.342 e. The lowest BCUT2D eigenvalue weighted by Crippen LogP contribution is -2.21. The van der Waals surface area contributed by atoms with E-state index in [4.69, 9.17) is 0 Å². The molecule has 1 rings (SSSR count). The molecule has 1 heterocycles. The van der Waals surface area contributed by atoms with Crippen LogP contribution in [-0.4, -0.2) is 11.9 Å². The molecule has 14 heavy (non-hydrogen) atoms. The molecule has 0 unspecified atom stereocenters. The Morgan fingerprint density at radius 2 is 1.93 bits per heavy atom. The largest absolute Gasteiger partial charge is 0.386 e. The third kappa shape index (κ3) is 2.22. The first-order valence-electron chi connectivity index (χ1n) is 4.79. The topological polar surface area (TPSA) is 43.4 Å². The van der Waals surface area contributed by atoms with Crippen molar-refractivity contribution in [2.75, 3.05) is 0 Å². The number of cyclic esters (lactones) is 2. The molecule has 0 fully saturated rings. The molecule has 0 aromatic heterocycles. The van der Waals surface area contributed by atoms with Crippen LogP contribution in [0.2, 0.25) is 0 Å². The quantitative estimate of drug-likeness (QED) is 0.512. The van der Waals surface area contributed by atoms with Gasteiger partial charge in [0.2, 0.25) is 0 Å². The van der Waals surface area contributed by atoms with Gasteiger partial charge in [0, 0.05) is 11.6 Å². The maximum atomic E-state index is 11.2. The minimum Gasteiger partial charge on any atom is -0.386 e. The second kappa shape index (κ2) is 3.56. The number of esters is 2. The van der Waals surface area contributed by atoms with E-state index < -0.39 is 11.9 Å². The van der Waals surface area contributed by atoms with Crippen molar-refractivity contribution in [1.29, 1.82) is 0 Å². The lowest BCUT2D eigenvalue weighted by molar-refractivity contribution is -0.150. The Labute approximate surface area is 84.1 Å². The number of hydrogen-bond acceptors (Lipinski definition) is 3. The molecule has 0 bridgehead atoms. The van der Waals surface area contributed by atoms with Crippen LogP contribution in [0.25, 0.3) is 0 Å². The molecule has 1 aliphatic heterocycles. The lowest BCUT2D eigenvalue weighted by Gasteiger charge is -2.28. The van der Waals surface area contributed by atoms with Crippen molar-refractivity contribution in [3.05, 3.63) is 11.6 Å². The maximum absolute atomic E-state index is 11.2. The summed E-state index contributed by atoms with van der Waals surface area (Å²) in [5.74, 6) is -0.569. The lowest BCUT2D eigenvalue weighted by atomic mass is 9.76. The van der Waals surface area contributed by atoms with Crippen molar-refractivity contribution in [2.45, 2.75) is 34.1 Å². The van der Waals surface area contributed by atoms with Crippen LogP contribution >= 0.6 is 0 Å². The zero-order chi connectivity index (χ0) is 10.9. The first-order valence-corrected chi connectivity index (χ1v) is 4.79. The van der Waals surface area contributed by atoms with Gasteiger partial charge in [-0.15, -0.1) is 0 Å². The predicted molar refractivity (Wildman–Crippen MR) is 52.4 cm³/mol. The first kappa shape index (κ1) is 11.0. The minimum atomic E-state index is -0.537. The highest BCUT2D eigenvalue weighted by Crippen LogP contribution is 2.34. The van der Waals surface area contributed by atoms with E-state index in [2.05, 4.69) is 32.4 Å². The molecule has 3 heteroatoms. The minimum absolute atomic E-state index is 0.00940. The molecule has 0 amide bonds. The molecule has 0 atom stereocenters. The van der Waals surface area contributed by atoms with Gasteiger partial charge in [0.25, 0.3) is 0 Å². The fourth-order valence-corrected chi connectivity index (χ4v) is 1.21. The van der Waals surface area contributed by atoms with Crippen LogP contribution in [0.5, 0.6) is 0 Å². The average molecular weight is 196 g/mol. The summed E-state index contributed by atoms with van der Waals surface area (Å²) in [5.41, 5.74) is 0.504. The van der Waals surface area contributed by atoms with Gasteiger partial charge >= 0.3 is 11.9 Å². The molecule has 3 nitrogen and oxygen atoms in total. The van der Waals surface area contributed by atoms with Gasteiger partial charge in [-0.2, -0.15) is 0 Å². The third-order valence-corrected chi connectivity index (χ3v) is 2.96. The van der Waals surface area contributed by atoms with Crippen molar-refractivity contribution in [3.63, 3.8) is 0 Å².